The monoisotopic (exact) mass is 327 g/mol. The van der Waals surface area contributed by atoms with Crippen LogP contribution in [0.2, 0.25) is 0 Å². The summed E-state index contributed by atoms with van der Waals surface area (Å²) in [4.78, 5) is 5.82. The highest BCUT2D eigenvalue weighted by Crippen LogP contribution is 2.26. The molecule has 0 atom stereocenters. The van der Waals surface area contributed by atoms with Crippen molar-refractivity contribution >= 4 is 16.8 Å². The lowest BCUT2D eigenvalue weighted by molar-refractivity contribution is -0.148. The molecule has 2 aromatic rings. The van der Waals surface area contributed by atoms with Crippen LogP contribution in [0.25, 0.3) is 11.0 Å². The number of nitrogens with one attached hydrogen (secondary N) is 1. The number of furan rings is 1. The minimum Gasteiger partial charge on any atom is -0.461 e. The van der Waals surface area contributed by atoms with Crippen LogP contribution in [0.1, 0.15) is 18.6 Å². The molecule has 3 heterocycles. The molecule has 1 N–H and O–H groups in total. The van der Waals surface area contributed by atoms with Crippen LogP contribution in [0.4, 0.5) is 19.0 Å². The second kappa shape index (κ2) is 6.39. The Morgan fingerprint density at radius 3 is 2.78 bits per heavy atom. The summed E-state index contributed by atoms with van der Waals surface area (Å²) in [7, 11) is 0. The van der Waals surface area contributed by atoms with Crippen molar-refractivity contribution in [1.82, 2.24) is 9.88 Å². The second-order valence-corrected chi connectivity index (χ2v) is 6.14. The molecule has 1 fully saturated rings. The third-order valence-electron chi connectivity index (χ3n) is 4.24. The number of aryl methyl sites for hydroxylation is 1. The molecule has 3 rings (SSSR count). The van der Waals surface area contributed by atoms with Gasteiger partial charge in [0.15, 0.2) is 0 Å². The van der Waals surface area contributed by atoms with Crippen LogP contribution in [-0.2, 0) is 0 Å². The van der Waals surface area contributed by atoms with Gasteiger partial charge in [-0.3, -0.25) is 4.90 Å². The number of anilines is 1. The van der Waals surface area contributed by atoms with Crippen LogP contribution in [-0.4, -0.2) is 42.2 Å². The molecule has 0 radical (unpaired) electrons. The predicted molar refractivity (Wildman–Crippen MR) is 82.5 cm³/mol. The van der Waals surface area contributed by atoms with Gasteiger partial charge in [-0.1, -0.05) is 0 Å². The Kier molecular flexibility index (Phi) is 4.48. The summed E-state index contributed by atoms with van der Waals surface area (Å²) in [6.07, 6.45) is -0.879. The maximum absolute atomic E-state index is 12.4. The molecular weight excluding hydrogens is 307 g/mol. The summed E-state index contributed by atoms with van der Waals surface area (Å²) in [5.74, 6) is 1.97. The molecule has 0 spiro atoms. The lowest BCUT2D eigenvalue weighted by Crippen LogP contribution is -2.41. The Morgan fingerprint density at radius 2 is 2.09 bits per heavy atom. The number of alkyl halides is 3. The van der Waals surface area contributed by atoms with E-state index in [-0.39, 0.29) is 0 Å². The molecule has 1 saturated heterocycles. The minimum atomic E-state index is -4.11. The van der Waals surface area contributed by atoms with Crippen LogP contribution in [0, 0.1) is 12.8 Å². The summed E-state index contributed by atoms with van der Waals surface area (Å²) in [5.41, 5.74) is 0.792. The first-order chi connectivity index (χ1) is 10.9. The van der Waals surface area contributed by atoms with Gasteiger partial charge in [0.25, 0.3) is 0 Å². The van der Waals surface area contributed by atoms with Crippen molar-refractivity contribution in [2.45, 2.75) is 25.9 Å². The highest BCUT2D eigenvalue weighted by Gasteiger charge is 2.32. The van der Waals surface area contributed by atoms with Crippen LogP contribution < -0.4 is 5.32 Å². The van der Waals surface area contributed by atoms with Gasteiger partial charge in [0.2, 0.25) is 0 Å². The van der Waals surface area contributed by atoms with Gasteiger partial charge in [0, 0.05) is 12.7 Å². The topological polar surface area (TPSA) is 41.3 Å². The number of rotatable bonds is 4. The van der Waals surface area contributed by atoms with Gasteiger partial charge >= 0.3 is 6.18 Å². The minimum absolute atomic E-state index is 0.365. The molecule has 0 aliphatic carbocycles. The molecule has 0 unspecified atom stereocenters. The smallest absolute Gasteiger partial charge is 0.401 e. The van der Waals surface area contributed by atoms with E-state index < -0.39 is 12.7 Å². The maximum atomic E-state index is 12.4. The van der Waals surface area contributed by atoms with Crippen molar-refractivity contribution in [3.05, 3.63) is 24.1 Å². The number of likely N-dealkylation sites (tertiary alicyclic amines) is 1. The highest BCUT2D eigenvalue weighted by molar-refractivity contribution is 5.88. The zero-order valence-electron chi connectivity index (χ0n) is 13.0. The fraction of sp³-hybridized carbons (Fsp3) is 0.562. The zero-order valence-corrected chi connectivity index (χ0v) is 13.0. The van der Waals surface area contributed by atoms with E-state index in [0.29, 0.717) is 19.0 Å². The number of hydrogen-bond acceptors (Lipinski definition) is 4. The van der Waals surface area contributed by atoms with E-state index in [9.17, 15) is 13.2 Å². The van der Waals surface area contributed by atoms with Crippen molar-refractivity contribution in [3.8, 4) is 0 Å². The third kappa shape index (κ3) is 4.16. The molecule has 4 nitrogen and oxygen atoms in total. The Labute approximate surface area is 132 Å². The first kappa shape index (κ1) is 16.1. The Hall–Kier alpha value is -1.76. The molecule has 1 aliphatic rings. The fourth-order valence-corrected chi connectivity index (χ4v) is 3.07. The summed E-state index contributed by atoms with van der Waals surface area (Å²) in [6, 6.07) is 3.76. The van der Waals surface area contributed by atoms with Gasteiger partial charge in [-0.05, 0) is 50.9 Å². The zero-order chi connectivity index (χ0) is 16.4. The molecule has 0 aromatic carbocycles. The van der Waals surface area contributed by atoms with Gasteiger partial charge in [0.05, 0.1) is 11.9 Å². The summed E-state index contributed by atoms with van der Waals surface area (Å²) < 4.78 is 42.7. The van der Waals surface area contributed by atoms with E-state index in [1.807, 2.05) is 19.1 Å². The van der Waals surface area contributed by atoms with E-state index in [1.165, 1.54) is 4.90 Å². The van der Waals surface area contributed by atoms with Crippen molar-refractivity contribution in [2.75, 3.05) is 31.5 Å². The largest absolute Gasteiger partial charge is 0.461 e. The summed E-state index contributed by atoms with van der Waals surface area (Å²) in [6.45, 7) is 2.79. The summed E-state index contributed by atoms with van der Waals surface area (Å²) in [5, 5.41) is 4.27. The van der Waals surface area contributed by atoms with Crippen LogP contribution >= 0.6 is 0 Å². The van der Waals surface area contributed by atoms with Gasteiger partial charge in [-0.15, -0.1) is 0 Å². The SMILES string of the molecule is Cc1cc2c(NCC3CCN(CC(F)(F)F)CC3)nccc2o1. The number of aromatic nitrogens is 1. The second-order valence-electron chi connectivity index (χ2n) is 6.14. The van der Waals surface area contributed by atoms with E-state index in [4.69, 9.17) is 4.42 Å². The normalized spacial score (nSPS) is 17.7. The van der Waals surface area contributed by atoms with Gasteiger partial charge in [-0.25, -0.2) is 4.98 Å². The van der Waals surface area contributed by atoms with Gasteiger partial charge in [0.1, 0.15) is 17.2 Å². The van der Waals surface area contributed by atoms with Crippen molar-refractivity contribution < 1.29 is 17.6 Å². The Balaban J connectivity index is 1.53. The van der Waals surface area contributed by atoms with E-state index in [1.54, 1.807) is 6.20 Å². The quantitative estimate of drug-likeness (QED) is 0.927. The molecule has 2 aromatic heterocycles. The molecule has 0 amide bonds. The predicted octanol–water partition coefficient (Wildman–Crippen LogP) is 3.82. The Morgan fingerprint density at radius 1 is 1.35 bits per heavy atom. The Bertz CT molecular complexity index is 660. The highest BCUT2D eigenvalue weighted by atomic mass is 19.4. The van der Waals surface area contributed by atoms with E-state index in [0.717, 1.165) is 41.9 Å². The fourth-order valence-electron chi connectivity index (χ4n) is 3.07. The summed E-state index contributed by atoms with van der Waals surface area (Å²) >= 11 is 0. The number of pyridine rings is 1. The average molecular weight is 327 g/mol. The van der Waals surface area contributed by atoms with Crippen LogP contribution in [0.15, 0.2) is 22.7 Å². The van der Waals surface area contributed by atoms with Gasteiger partial charge < -0.3 is 9.73 Å². The molecular formula is C16H20F3N3O. The van der Waals surface area contributed by atoms with Crippen molar-refractivity contribution in [1.29, 1.82) is 0 Å². The van der Waals surface area contributed by atoms with Gasteiger partial charge in [-0.2, -0.15) is 13.2 Å². The van der Waals surface area contributed by atoms with Crippen molar-refractivity contribution in [2.24, 2.45) is 5.92 Å². The van der Waals surface area contributed by atoms with E-state index >= 15 is 0 Å². The number of piperidine rings is 1. The molecule has 0 saturated carbocycles. The molecule has 126 valence electrons. The molecule has 7 heteroatoms. The average Bonchev–Trinajstić information content (AvgIpc) is 2.85. The van der Waals surface area contributed by atoms with Crippen LogP contribution in [0.5, 0.6) is 0 Å². The van der Waals surface area contributed by atoms with Crippen LogP contribution in [0.3, 0.4) is 0 Å². The van der Waals surface area contributed by atoms with Crippen molar-refractivity contribution in [3.63, 3.8) is 0 Å². The molecule has 23 heavy (non-hydrogen) atoms. The maximum Gasteiger partial charge on any atom is 0.401 e. The first-order valence-corrected chi connectivity index (χ1v) is 7.79. The number of fused-ring (bicyclic) bond motifs is 1. The molecule has 1 aliphatic heterocycles. The standard InChI is InChI=1S/C16H20F3N3O/c1-11-8-13-14(23-11)2-5-20-15(13)21-9-12-3-6-22(7-4-12)10-16(17,18)19/h2,5,8,12H,3-4,6-7,9-10H2,1H3,(H,20,21). The third-order valence-corrected chi connectivity index (χ3v) is 4.24. The molecule has 0 bridgehead atoms. The number of nitrogens with zero attached hydrogens (tertiary/aromatic N) is 2. The lowest BCUT2D eigenvalue weighted by atomic mass is 9.97. The lowest BCUT2D eigenvalue weighted by Gasteiger charge is -2.32. The first-order valence-electron chi connectivity index (χ1n) is 7.79. The number of halogens is 3. The van der Waals surface area contributed by atoms with E-state index in [2.05, 4.69) is 10.3 Å². The number of hydrogen-bond donors (Lipinski definition) is 1.